The summed E-state index contributed by atoms with van der Waals surface area (Å²) in [4.78, 5) is 10.8. The van der Waals surface area contributed by atoms with Crippen molar-refractivity contribution in [1.29, 1.82) is 0 Å². The molecule has 0 amide bonds. The van der Waals surface area contributed by atoms with Gasteiger partial charge in [0.25, 0.3) is 0 Å². The molecular formula is C14H15NO5S2. The molecule has 8 heteroatoms. The van der Waals surface area contributed by atoms with Gasteiger partial charge in [0.1, 0.15) is 9.96 Å². The second kappa shape index (κ2) is 6.91. The molecule has 0 aliphatic carbocycles. The lowest BCUT2D eigenvalue weighted by atomic mass is 10.1. The summed E-state index contributed by atoms with van der Waals surface area (Å²) >= 11 is 0.888. The Bertz CT molecular complexity index is 750. The third-order valence-electron chi connectivity index (χ3n) is 2.95. The summed E-state index contributed by atoms with van der Waals surface area (Å²) in [6, 6.07) is 8.49. The zero-order valence-corrected chi connectivity index (χ0v) is 13.4. The molecule has 2 aromatic rings. The van der Waals surface area contributed by atoms with Gasteiger partial charge in [-0.05, 0) is 30.2 Å². The van der Waals surface area contributed by atoms with Crippen LogP contribution in [0.2, 0.25) is 0 Å². The third-order valence-corrected chi connectivity index (χ3v) is 5.85. The molecule has 0 aliphatic rings. The fourth-order valence-electron chi connectivity index (χ4n) is 1.76. The highest BCUT2D eigenvalue weighted by Crippen LogP contribution is 2.20. The summed E-state index contributed by atoms with van der Waals surface area (Å²) in [6.45, 7) is 0.231. The predicted octanol–water partition coefficient (Wildman–Crippen LogP) is 1.98. The Balaban J connectivity index is 1.95. The molecule has 0 saturated heterocycles. The Morgan fingerprint density at radius 1 is 1.32 bits per heavy atom. The number of thiophene rings is 1. The van der Waals surface area contributed by atoms with Crippen molar-refractivity contribution in [3.8, 4) is 5.75 Å². The molecule has 0 atom stereocenters. The smallest absolute Gasteiger partial charge is 0.336 e. The maximum atomic E-state index is 12.0. The zero-order chi connectivity index (χ0) is 16.2. The van der Waals surface area contributed by atoms with Crippen molar-refractivity contribution in [3.63, 3.8) is 0 Å². The van der Waals surface area contributed by atoms with Crippen LogP contribution in [-0.4, -0.2) is 33.1 Å². The average Bonchev–Trinajstić information content (AvgIpc) is 2.99. The summed E-state index contributed by atoms with van der Waals surface area (Å²) in [7, 11) is -2.10. The lowest BCUT2D eigenvalue weighted by Gasteiger charge is -2.06. The first kappa shape index (κ1) is 16.5. The monoisotopic (exact) mass is 341 g/mol. The van der Waals surface area contributed by atoms with E-state index in [9.17, 15) is 13.2 Å². The Kier molecular flexibility index (Phi) is 5.17. The van der Waals surface area contributed by atoms with Crippen molar-refractivity contribution in [2.24, 2.45) is 0 Å². The van der Waals surface area contributed by atoms with Crippen LogP contribution in [0.1, 0.15) is 15.9 Å². The molecule has 2 rings (SSSR count). The van der Waals surface area contributed by atoms with E-state index in [-0.39, 0.29) is 16.3 Å². The van der Waals surface area contributed by atoms with E-state index >= 15 is 0 Å². The summed E-state index contributed by atoms with van der Waals surface area (Å²) in [5, 5.41) is 10.1. The van der Waals surface area contributed by atoms with Gasteiger partial charge in [-0.3, -0.25) is 0 Å². The maximum absolute atomic E-state index is 12.0. The van der Waals surface area contributed by atoms with Gasteiger partial charge in [-0.2, -0.15) is 0 Å². The highest BCUT2D eigenvalue weighted by atomic mass is 32.2. The minimum Gasteiger partial charge on any atom is -0.497 e. The minimum atomic E-state index is -3.68. The number of hydrogen-bond donors (Lipinski definition) is 2. The quantitative estimate of drug-likeness (QED) is 0.803. The highest BCUT2D eigenvalue weighted by Gasteiger charge is 2.18. The number of aromatic carboxylic acids is 1. The number of methoxy groups -OCH3 is 1. The van der Waals surface area contributed by atoms with Crippen molar-refractivity contribution in [2.75, 3.05) is 13.7 Å². The lowest BCUT2D eigenvalue weighted by Crippen LogP contribution is -2.25. The molecule has 0 radical (unpaired) electrons. The largest absolute Gasteiger partial charge is 0.497 e. The Morgan fingerprint density at radius 2 is 2.00 bits per heavy atom. The number of nitrogens with one attached hydrogen (secondary N) is 1. The van der Waals surface area contributed by atoms with Crippen molar-refractivity contribution >= 4 is 27.3 Å². The van der Waals surface area contributed by atoms with Gasteiger partial charge < -0.3 is 9.84 Å². The second-order valence-electron chi connectivity index (χ2n) is 4.46. The lowest BCUT2D eigenvalue weighted by molar-refractivity contribution is 0.0697. The molecule has 1 aromatic carbocycles. The Labute approximate surface area is 132 Å². The van der Waals surface area contributed by atoms with Crippen LogP contribution in [0.15, 0.2) is 39.9 Å². The fourth-order valence-corrected chi connectivity index (χ4v) is 3.99. The topological polar surface area (TPSA) is 92.7 Å². The minimum absolute atomic E-state index is 0.000342. The number of sulfonamides is 1. The summed E-state index contributed by atoms with van der Waals surface area (Å²) in [5.74, 6) is -0.403. The first-order valence-corrected chi connectivity index (χ1v) is 8.73. The summed E-state index contributed by atoms with van der Waals surface area (Å²) in [5.41, 5.74) is 0.946. The van der Waals surface area contributed by atoms with Gasteiger partial charge in [-0.25, -0.2) is 17.9 Å². The molecule has 22 heavy (non-hydrogen) atoms. The Hall–Kier alpha value is -1.90. The molecule has 1 aromatic heterocycles. The van der Waals surface area contributed by atoms with E-state index in [4.69, 9.17) is 9.84 Å². The zero-order valence-electron chi connectivity index (χ0n) is 11.8. The standard InChI is InChI=1S/C14H15NO5S2/c1-20-12-4-2-10(3-5-12)6-7-15-22(18,19)13-8-11(9-21-13)14(16)17/h2-5,8-9,15H,6-7H2,1H3,(H,16,17). The highest BCUT2D eigenvalue weighted by molar-refractivity contribution is 7.91. The van der Waals surface area contributed by atoms with E-state index in [1.807, 2.05) is 24.3 Å². The molecule has 0 spiro atoms. The van der Waals surface area contributed by atoms with Crippen LogP contribution in [0.4, 0.5) is 0 Å². The van der Waals surface area contributed by atoms with E-state index in [0.717, 1.165) is 28.7 Å². The summed E-state index contributed by atoms with van der Waals surface area (Å²) < 4.78 is 31.6. The summed E-state index contributed by atoms with van der Waals surface area (Å²) in [6.07, 6.45) is 0.528. The maximum Gasteiger partial charge on any atom is 0.336 e. The van der Waals surface area contributed by atoms with Gasteiger partial charge in [0.2, 0.25) is 10.0 Å². The molecular weight excluding hydrogens is 326 g/mol. The Morgan fingerprint density at radius 3 is 2.55 bits per heavy atom. The van der Waals surface area contributed by atoms with E-state index in [2.05, 4.69) is 4.72 Å². The number of carboxylic acids is 1. The van der Waals surface area contributed by atoms with E-state index < -0.39 is 16.0 Å². The number of hydrogen-bond acceptors (Lipinski definition) is 5. The molecule has 0 bridgehead atoms. The second-order valence-corrected chi connectivity index (χ2v) is 7.36. The number of ether oxygens (including phenoxy) is 1. The molecule has 118 valence electrons. The van der Waals surface area contributed by atoms with Gasteiger partial charge in [0.05, 0.1) is 12.7 Å². The molecule has 0 aliphatic heterocycles. The molecule has 1 heterocycles. The molecule has 0 saturated carbocycles. The average molecular weight is 341 g/mol. The van der Waals surface area contributed by atoms with E-state index in [1.54, 1.807) is 7.11 Å². The van der Waals surface area contributed by atoms with Crippen LogP contribution >= 0.6 is 11.3 Å². The van der Waals surface area contributed by atoms with Gasteiger partial charge in [-0.15, -0.1) is 11.3 Å². The van der Waals surface area contributed by atoms with Crippen LogP contribution in [0.5, 0.6) is 5.75 Å². The van der Waals surface area contributed by atoms with Crippen molar-refractivity contribution in [3.05, 3.63) is 46.8 Å². The van der Waals surface area contributed by atoms with Gasteiger partial charge in [-0.1, -0.05) is 12.1 Å². The normalized spacial score (nSPS) is 11.3. The third kappa shape index (κ3) is 4.06. The van der Waals surface area contributed by atoms with Crippen LogP contribution in [0, 0.1) is 0 Å². The van der Waals surface area contributed by atoms with Crippen LogP contribution in [0.3, 0.4) is 0 Å². The van der Waals surface area contributed by atoms with Gasteiger partial charge in [0, 0.05) is 11.9 Å². The van der Waals surface area contributed by atoms with Crippen LogP contribution < -0.4 is 9.46 Å². The molecule has 6 nitrogen and oxygen atoms in total. The van der Waals surface area contributed by atoms with Crippen molar-refractivity contribution in [1.82, 2.24) is 4.72 Å². The van der Waals surface area contributed by atoms with Crippen molar-refractivity contribution in [2.45, 2.75) is 10.6 Å². The first-order valence-electron chi connectivity index (χ1n) is 6.37. The SMILES string of the molecule is COc1ccc(CCNS(=O)(=O)c2cc(C(=O)O)cs2)cc1. The van der Waals surface area contributed by atoms with Gasteiger partial charge >= 0.3 is 5.97 Å². The molecule has 0 fully saturated rings. The number of carboxylic acid groups (broad SMARTS) is 1. The number of carbonyl (C=O) groups is 1. The van der Waals surface area contributed by atoms with E-state index in [0.29, 0.717) is 6.42 Å². The number of rotatable bonds is 7. The fraction of sp³-hybridized carbons (Fsp3) is 0.214. The van der Waals surface area contributed by atoms with Gasteiger partial charge in [0.15, 0.2) is 0 Å². The first-order chi connectivity index (χ1) is 10.4. The molecule has 0 unspecified atom stereocenters. The van der Waals surface area contributed by atoms with Crippen molar-refractivity contribution < 1.29 is 23.1 Å². The van der Waals surface area contributed by atoms with E-state index in [1.165, 1.54) is 5.38 Å². The predicted molar refractivity (Wildman–Crippen MR) is 83.2 cm³/mol. The molecule has 2 N–H and O–H groups in total. The van der Waals surface area contributed by atoms with Crippen LogP contribution in [0.25, 0.3) is 0 Å². The van der Waals surface area contributed by atoms with Crippen LogP contribution in [-0.2, 0) is 16.4 Å². The number of benzene rings is 1.